The van der Waals surface area contributed by atoms with Gasteiger partial charge in [-0.15, -0.1) is 12.4 Å². The summed E-state index contributed by atoms with van der Waals surface area (Å²) in [6.45, 7) is 3.44. The molecule has 0 fully saturated rings. The zero-order valence-corrected chi connectivity index (χ0v) is 5.55. The zero-order chi connectivity index (χ0) is 3.58. The fourth-order valence-electron chi connectivity index (χ4n) is 0. The Morgan fingerprint density at radius 2 is 1.33 bits per heavy atom. The molecule has 44 valence electrons. The summed E-state index contributed by atoms with van der Waals surface area (Å²) in [4.78, 5) is 0. The van der Waals surface area contributed by atoms with E-state index in [-0.39, 0.29) is 35.0 Å². The second-order valence-corrected chi connectivity index (χ2v) is 1.09. The molecule has 0 radical (unpaired) electrons. The Morgan fingerprint density at radius 3 is 1.33 bits per heavy atom. The van der Waals surface area contributed by atoms with Gasteiger partial charge in [-0.2, -0.15) is 0 Å². The van der Waals surface area contributed by atoms with Crippen LogP contribution in [0.4, 0.5) is 0 Å². The summed E-state index contributed by atoms with van der Waals surface area (Å²) in [5.41, 5.74) is 0. The zero-order valence-electron chi connectivity index (χ0n) is 3.75. The van der Waals surface area contributed by atoms with E-state index in [2.05, 4.69) is 0 Å². The van der Waals surface area contributed by atoms with Crippen molar-refractivity contribution in [1.29, 1.82) is 0 Å². The predicted octanol–water partition coefficient (Wildman–Crippen LogP) is 0.806. The molecular formula is C3H9ClNiO. The van der Waals surface area contributed by atoms with Crippen LogP contribution in [0.2, 0.25) is 0 Å². The van der Waals surface area contributed by atoms with Gasteiger partial charge in [0.05, 0.1) is 0 Å². The van der Waals surface area contributed by atoms with Gasteiger partial charge in [0.2, 0.25) is 0 Å². The molecule has 0 saturated carbocycles. The molecule has 3 heteroatoms. The molecule has 0 amide bonds. The van der Waals surface area contributed by atoms with Crippen LogP contribution >= 0.6 is 12.4 Å². The Morgan fingerprint density at radius 1 is 1.33 bits per heavy atom. The van der Waals surface area contributed by atoms with Crippen molar-refractivity contribution in [2.45, 2.75) is 20.0 Å². The van der Waals surface area contributed by atoms with Crippen LogP contribution < -0.4 is 0 Å². The first-order chi connectivity index (χ1) is 1.73. The summed E-state index contributed by atoms with van der Waals surface area (Å²) in [5, 5.41) is 8.06. The first kappa shape index (κ1) is 15.9. The van der Waals surface area contributed by atoms with Crippen LogP contribution in [-0.2, 0) is 16.5 Å². The number of rotatable bonds is 0. The van der Waals surface area contributed by atoms with Gasteiger partial charge in [0, 0.05) is 22.6 Å². The Hall–Kier alpha value is 0.744. The van der Waals surface area contributed by atoms with Crippen molar-refractivity contribution in [2.75, 3.05) is 0 Å². The van der Waals surface area contributed by atoms with Gasteiger partial charge in [-0.3, -0.25) is 0 Å². The van der Waals surface area contributed by atoms with Gasteiger partial charge < -0.3 is 5.11 Å². The van der Waals surface area contributed by atoms with E-state index < -0.39 is 0 Å². The van der Waals surface area contributed by atoms with Gasteiger partial charge in [-0.1, -0.05) is 0 Å². The third-order valence-corrected chi connectivity index (χ3v) is 0. The Kier molecular flexibility index (Phi) is 24.4. The van der Waals surface area contributed by atoms with Gasteiger partial charge in [0.1, 0.15) is 0 Å². The van der Waals surface area contributed by atoms with E-state index in [1.54, 1.807) is 13.8 Å². The minimum Gasteiger partial charge on any atom is -0.394 e. The van der Waals surface area contributed by atoms with Crippen molar-refractivity contribution >= 4 is 12.4 Å². The van der Waals surface area contributed by atoms with E-state index in [1.165, 1.54) is 0 Å². The van der Waals surface area contributed by atoms with Crippen LogP contribution in [0.15, 0.2) is 0 Å². The molecule has 0 heterocycles. The van der Waals surface area contributed by atoms with Crippen LogP contribution in [0.25, 0.3) is 0 Å². The quantitative estimate of drug-likeness (QED) is 0.513. The van der Waals surface area contributed by atoms with Crippen LogP contribution in [0, 0.1) is 0 Å². The first-order valence-electron chi connectivity index (χ1n) is 1.41. The summed E-state index contributed by atoms with van der Waals surface area (Å²) in [7, 11) is 0. The van der Waals surface area contributed by atoms with E-state index in [0.717, 1.165) is 0 Å². The third kappa shape index (κ3) is 120. The Balaban J connectivity index is -0.0000000450. The van der Waals surface area contributed by atoms with Gasteiger partial charge in [-0.25, -0.2) is 0 Å². The van der Waals surface area contributed by atoms with Crippen molar-refractivity contribution in [3.63, 3.8) is 0 Å². The van der Waals surface area contributed by atoms with E-state index in [9.17, 15) is 0 Å². The molecule has 0 rings (SSSR count). The van der Waals surface area contributed by atoms with E-state index >= 15 is 0 Å². The Bertz CT molecular complexity index is 15.5. The molecule has 0 saturated heterocycles. The monoisotopic (exact) mass is 154 g/mol. The predicted molar refractivity (Wildman–Crippen MR) is 24.6 cm³/mol. The summed E-state index contributed by atoms with van der Waals surface area (Å²) < 4.78 is 0. The van der Waals surface area contributed by atoms with E-state index in [1.807, 2.05) is 0 Å². The molecule has 0 aromatic rings. The number of halogens is 1. The Labute approximate surface area is 54.5 Å². The maximum Gasteiger partial charge on any atom is 0.0483 e. The molecule has 1 N–H and O–H groups in total. The summed E-state index contributed by atoms with van der Waals surface area (Å²) >= 11 is 0. The second-order valence-electron chi connectivity index (χ2n) is 1.09. The van der Waals surface area contributed by atoms with Crippen molar-refractivity contribution in [2.24, 2.45) is 0 Å². The number of aliphatic hydroxyl groups excluding tert-OH is 1. The molecule has 0 bridgehead atoms. The standard InChI is InChI=1S/C3H8O.ClH.Ni/c1-3(2)4;;/h3-4H,1-2H3;1H;. The molecule has 0 spiro atoms. The van der Waals surface area contributed by atoms with Crippen molar-refractivity contribution in [3.05, 3.63) is 0 Å². The van der Waals surface area contributed by atoms with Crippen molar-refractivity contribution in [1.82, 2.24) is 0 Å². The molecular weight excluding hydrogens is 146 g/mol. The minimum absolute atomic E-state index is 0. The van der Waals surface area contributed by atoms with Gasteiger partial charge in [0.15, 0.2) is 0 Å². The smallest absolute Gasteiger partial charge is 0.0483 e. The maximum atomic E-state index is 8.06. The van der Waals surface area contributed by atoms with Crippen molar-refractivity contribution in [3.8, 4) is 0 Å². The molecule has 0 aliphatic rings. The van der Waals surface area contributed by atoms with Crippen LogP contribution in [-0.4, -0.2) is 11.2 Å². The summed E-state index contributed by atoms with van der Waals surface area (Å²) in [6, 6.07) is 0. The SMILES string of the molecule is CC(C)O.Cl.[Ni]. The molecule has 0 atom stereocenters. The molecule has 0 aliphatic carbocycles. The number of aliphatic hydroxyl groups is 1. The molecule has 1 nitrogen and oxygen atoms in total. The molecule has 6 heavy (non-hydrogen) atoms. The molecule has 0 aliphatic heterocycles. The first-order valence-corrected chi connectivity index (χ1v) is 1.41. The molecule has 0 aromatic heterocycles. The van der Waals surface area contributed by atoms with Gasteiger partial charge >= 0.3 is 0 Å². The summed E-state index contributed by atoms with van der Waals surface area (Å²) in [5.74, 6) is 0. The fraction of sp³-hybridized carbons (Fsp3) is 1.00. The normalized spacial score (nSPS) is 6.00. The third-order valence-electron chi connectivity index (χ3n) is 0. The molecule has 0 unspecified atom stereocenters. The van der Waals surface area contributed by atoms with Crippen LogP contribution in [0.3, 0.4) is 0 Å². The topological polar surface area (TPSA) is 20.2 Å². The minimum atomic E-state index is -0.167. The maximum absolute atomic E-state index is 8.06. The molecule has 0 aromatic carbocycles. The average Bonchev–Trinajstić information content (AvgIpc) is 0.811. The van der Waals surface area contributed by atoms with Crippen LogP contribution in [0.1, 0.15) is 13.8 Å². The summed E-state index contributed by atoms with van der Waals surface area (Å²) in [6.07, 6.45) is -0.167. The second kappa shape index (κ2) is 9.22. The average molecular weight is 155 g/mol. The van der Waals surface area contributed by atoms with E-state index in [4.69, 9.17) is 5.11 Å². The van der Waals surface area contributed by atoms with E-state index in [0.29, 0.717) is 0 Å². The van der Waals surface area contributed by atoms with Gasteiger partial charge in [-0.05, 0) is 13.8 Å². The number of hydrogen-bond donors (Lipinski definition) is 1. The fourth-order valence-corrected chi connectivity index (χ4v) is 0. The largest absolute Gasteiger partial charge is 0.394 e. The number of hydrogen-bond acceptors (Lipinski definition) is 1. The van der Waals surface area contributed by atoms with Crippen LogP contribution in [0.5, 0.6) is 0 Å². The van der Waals surface area contributed by atoms with Crippen molar-refractivity contribution < 1.29 is 21.6 Å². The van der Waals surface area contributed by atoms with Gasteiger partial charge in [0.25, 0.3) is 0 Å².